The van der Waals surface area contributed by atoms with E-state index in [1.165, 1.54) is 0 Å². The Labute approximate surface area is 116 Å². The van der Waals surface area contributed by atoms with Crippen LogP contribution in [0.1, 0.15) is 0 Å². The predicted molar refractivity (Wildman–Crippen MR) is 28.9 cm³/mol. The fraction of sp³-hybridized carbons (Fsp3) is 0. The first-order valence-electron chi connectivity index (χ1n) is 1.38. The smallest absolute Gasteiger partial charge is 0.176 e. The van der Waals surface area contributed by atoms with Gasteiger partial charge in [-0.3, -0.25) is 0 Å². The molecule has 0 aliphatic carbocycles. The molecule has 0 aliphatic rings. The standard InChI is InChI=1S/Cs.F2HNO4S2/c;1-8(4,5)3-9(2,6)7/h;3H. The Hall–Kier alpha value is 1.77. The second kappa shape index (κ2) is 4.71. The van der Waals surface area contributed by atoms with Crippen molar-refractivity contribution in [2.45, 2.75) is 0 Å². The van der Waals surface area contributed by atoms with Gasteiger partial charge in [0.2, 0.25) is 0 Å². The first-order chi connectivity index (χ1) is 3.71. The quantitative estimate of drug-likeness (QED) is 0.638. The number of hydrogen-bond acceptors (Lipinski definition) is 4. The maximum atomic E-state index is 11.1. The van der Waals surface area contributed by atoms with Gasteiger partial charge in [-0.15, -0.1) is 0 Å². The molecule has 0 saturated heterocycles. The minimum Gasteiger partial charge on any atom is -0.176 e. The van der Waals surface area contributed by atoms with E-state index in [0.29, 0.717) is 0 Å². The van der Waals surface area contributed by atoms with Gasteiger partial charge < -0.3 is 0 Å². The summed E-state index contributed by atoms with van der Waals surface area (Å²) >= 11 is 0. The average Bonchev–Trinajstić information content (AvgIpc) is 1.14. The molecule has 0 unspecified atom stereocenters. The van der Waals surface area contributed by atoms with Crippen molar-refractivity contribution in [2.75, 3.05) is 0 Å². The molecule has 1 N–H and O–H groups in total. The third-order valence-corrected chi connectivity index (χ3v) is 1.79. The molecule has 0 aliphatic heterocycles. The monoisotopic (exact) mass is 314 g/mol. The van der Waals surface area contributed by atoms with Crippen molar-refractivity contribution in [1.29, 1.82) is 0 Å². The molecule has 0 amide bonds. The molecule has 10 heavy (non-hydrogen) atoms. The summed E-state index contributed by atoms with van der Waals surface area (Å²) in [5.41, 5.74) is 0. The van der Waals surface area contributed by atoms with Crippen LogP contribution in [0.2, 0.25) is 0 Å². The van der Waals surface area contributed by atoms with Crippen molar-refractivity contribution >= 4 is 89.7 Å². The maximum absolute atomic E-state index is 11.1. The topological polar surface area (TPSA) is 80.3 Å². The summed E-state index contributed by atoms with van der Waals surface area (Å²) in [6.45, 7) is 0. The molecule has 10 heteroatoms. The number of hydrogen-bond donors (Lipinski definition) is 1. The molecule has 0 atom stereocenters. The van der Waals surface area contributed by atoms with E-state index in [2.05, 4.69) is 0 Å². The molecule has 0 aromatic carbocycles. The summed E-state index contributed by atoms with van der Waals surface area (Å²) in [6.07, 6.45) is 0. The zero-order chi connectivity index (χ0) is 7.71. The first-order valence-corrected chi connectivity index (χ1v) is 4.15. The third-order valence-electron chi connectivity index (χ3n) is 0.199. The Kier molecular flexibility index (Phi) is 6.74. The van der Waals surface area contributed by atoms with Crippen LogP contribution in [0.4, 0.5) is 7.77 Å². The van der Waals surface area contributed by atoms with E-state index in [1.807, 2.05) is 0 Å². The van der Waals surface area contributed by atoms with Crippen molar-refractivity contribution < 1.29 is 24.6 Å². The Morgan fingerprint density at radius 1 is 0.900 bits per heavy atom. The summed E-state index contributed by atoms with van der Waals surface area (Å²) in [5, 5.41) is 0. The van der Waals surface area contributed by atoms with Crippen LogP contribution in [0, 0.1) is 0 Å². The number of nitrogens with one attached hydrogen (secondary N) is 1. The fourth-order valence-electron chi connectivity index (χ4n) is 0.119. The van der Waals surface area contributed by atoms with Gasteiger partial charge in [-0.1, -0.05) is 11.9 Å². The number of rotatable bonds is 2. The summed E-state index contributed by atoms with van der Waals surface area (Å²) < 4.78 is 59.3. The van der Waals surface area contributed by atoms with Crippen LogP contribution in [-0.4, -0.2) is 85.7 Å². The minimum atomic E-state index is -5.49. The summed E-state index contributed by atoms with van der Waals surface area (Å²) in [5.74, 6) is 0. The zero-order valence-corrected chi connectivity index (χ0v) is 12.6. The van der Waals surface area contributed by atoms with Crippen molar-refractivity contribution in [2.24, 2.45) is 0 Å². The van der Waals surface area contributed by atoms with Crippen LogP contribution in [0.5, 0.6) is 0 Å². The third kappa shape index (κ3) is 12.4. The first kappa shape index (κ1) is 14.3. The minimum absolute atomic E-state index is 0. The van der Waals surface area contributed by atoms with Crippen molar-refractivity contribution in [3.63, 3.8) is 0 Å². The molecular weight excluding hydrogens is 313 g/mol. The number of halogens is 2. The molecular formula is HCsF2NO4S2. The van der Waals surface area contributed by atoms with E-state index in [-0.39, 0.29) is 73.0 Å². The summed E-state index contributed by atoms with van der Waals surface area (Å²) in [6, 6.07) is 0. The molecule has 0 rings (SSSR count). The molecule has 57 valence electrons. The molecule has 5 nitrogen and oxygen atoms in total. The van der Waals surface area contributed by atoms with Gasteiger partial charge in [-0.2, -0.15) is 16.8 Å². The SMILES string of the molecule is O=S(=O)(F)NS(=O)(=O)F.[Cs]. The molecule has 1 radical (unpaired) electrons. The normalized spacial score (nSPS) is 12.2. The van der Waals surface area contributed by atoms with Crippen LogP contribution < -0.4 is 4.13 Å². The largest absolute Gasteiger partial charge is 0.387 e. The summed E-state index contributed by atoms with van der Waals surface area (Å²) in [7, 11) is -11.0. The van der Waals surface area contributed by atoms with Gasteiger partial charge in [-0.25, -0.2) is 0 Å². The van der Waals surface area contributed by atoms with E-state index in [4.69, 9.17) is 0 Å². The molecule has 0 spiro atoms. The van der Waals surface area contributed by atoms with Gasteiger partial charge in [0, 0.05) is 68.9 Å². The Morgan fingerprint density at radius 2 is 1.10 bits per heavy atom. The second-order valence-corrected chi connectivity index (χ2v) is 3.38. The predicted octanol–water partition coefficient (Wildman–Crippen LogP) is -1.38. The van der Waals surface area contributed by atoms with E-state index in [1.54, 1.807) is 0 Å². The maximum Gasteiger partial charge on any atom is 0.387 e. The molecule has 0 saturated carbocycles. The van der Waals surface area contributed by atoms with Crippen LogP contribution >= 0.6 is 0 Å². The van der Waals surface area contributed by atoms with E-state index >= 15 is 0 Å². The molecule has 0 fully saturated rings. The average molecular weight is 314 g/mol. The van der Waals surface area contributed by atoms with Crippen LogP contribution in [0.15, 0.2) is 0 Å². The molecule has 0 aromatic rings. The molecule has 0 aromatic heterocycles. The van der Waals surface area contributed by atoms with Crippen LogP contribution in [0.25, 0.3) is 0 Å². The van der Waals surface area contributed by atoms with E-state index in [0.717, 1.165) is 0 Å². The fourth-order valence-corrected chi connectivity index (χ4v) is 1.07. The van der Waals surface area contributed by atoms with Gasteiger partial charge in [-0.05, 0) is 0 Å². The molecule has 0 bridgehead atoms. The van der Waals surface area contributed by atoms with Crippen molar-refractivity contribution in [3.05, 3.63) is 0 Å². The van der Waals surface area contributed by atoms with Gasteiger partial charge in [0.25, 0.3) is 0 Å². The van der Waals surface area contributed by atoms with Crippen molar-refractivity contribution in [3.8, 4) is 0 Å². The van der Waals surface area contributed by atoms with Gasteiger partial charge in [0.1, 0.15) is 0 Å². The Morgan fingerprint density at radius 3 is 1.10 bits per heavy atom. The van der Waals surface area contributed by atoms with Crippen LogP contribution in [0.3, 0.4) is 0 Å². The Balaban J connectivity index is 0. The zero-order valence-electron chi connectivity index (χ0n) is 4.71. The van der Waals surface area contributed by atoms with Gasteiger partial charge in [0.05, 0.1) is 0 Å². The second-order valence-electron chi connectivity index (χ2n) is 0.959. The van der Waals surface area contributed by atoms with E-state index in [9.17, 15) is 24.6 Å². The molecule has 0 heterocycles. The van der Waals surface area contributed by atoms with E-state index < -0.39 is 20.8 Å². The van der Waals surface area contributed by atoms with Gasteiger partial charge in [0.15, 0.2) is 0 Å². The van der Waals surface area contributed by atoms with Gasteiger partial charge >= 0.3 is 20.8 Å². The summed E-state index contributed by atoms with van der Waals surface area (Å²) in [4.78, 5) is 0. The van der Waals surface area contributed by atoms with Crippen LogP contribution in [-0.2, 0) is 20.8 Å². The van der Waals surface area contributed by atoms with Crippen molar-refractivity contribution in [1.82, 2.24) is 4.13 Å². The Bertz CT molecular complexity index is 246.